The second-order valence-corrected chi connectivity index (χ2v) is 7.24. The number of aromatic hydroxyl groups is 2. The number of hydrogen-bond donors (Lipinski definition) is 3. The zero-order valence-corrected chi connectivity index (χ0v) is 17.3. The molecule has 0 heterocycles. The molecule has 0 saturated carbocycles. The molecular formula is C23H30O6. The van der Waals surface area contributed by atoms with Gasteiger partial charge in [0.1, 0.15) is 23.0 Å². The lowest BCUT2D eigenvalue weighted by atomic mass is 10.1. The summed E-state index contributed by atoms with van der Waals surface area (Å²) in [6.07, 6.45) is 5.09. The van der Waals surface area contributed by atoms with Crippen molar-refractivity contribution in [3.8, 4) is 23.0 Å². The van der Waals surface area contributed by atoms with Gasteiger partial charge in [-0.3, -0.25) is 0 Å². The highest BCUT2D eigenvalue weighted by molar-refractivity contribution is 5.76. The van der Waals surface area contributed by atoms with Crippen molar-refractivity contribution in [1.29, 1.82) is 0 Å². The summed E-state index contributed by atoms with van der Waals surface area (Å²) < 4.78 is 11.4. The fourth-order valence-corrected chi connectivity index (χ4v) is 2.94. The molecular weight excluding hydrogens is 372 g/mol. The molecule has 0 unspecified atom stereocenters. The van der Waals surface area contributed by atoms with E-state index in [0.717, 1.165) is 25.7 Å². The van der Waals surface area contributed by atoms with Crippen LogP contribution in [0.2, 0.25) is 0 Å². The van der Waals surface area contributed by atoms with E-state index in [4.69, 9.17) is 9.47 Å². The van der Waals surface area contributed by atoms with Crippen molar-refractivity contribution < 1.29 is 29.6 Å². The van der Waals surface area contributed by atoms with Crippen molar-refractivity contribution in [2.45, 2.75) is 65.1 Å². The smallest absolute Gasteiger partial charge is 0.390 e. The Kier molecular flexibility index (Phi) is 7.76. The minimum Gasteiger partial charge on any atom is -0.508 e. The van der Waals surface area contributed by atoms with Gasteiger partial charge in [-0.2, -0.15) is 0 Å². The largest absolute Gasteiger partial charge is 0.508 e. The van der Waals surface area contributed by atoms with E-state index < -0.39 is 11.8 Å². The van der Waals surface area contributed by atoms with Crippen LogP contribution in [0.25, 0.3) is 0 Å². The van der Waals surface area contributed by atoms with Gasteiger partial charge in [-0.15, -0.1) is 0 Å². The first-order valence-corrected chi connectivity index (χ1v) is 10.0. The number of carboxylic acids is 1. The molecule has 3 N–H and O–H groups in total. The number of carbonyl (C=O) groups is 1. The maximum atomic E-state index is 11.9. The fourth-order valence-electron chi connectivity index (χ4n) is 2.94. The number of ether oxygens (including phenoxy) is 2. The molecule has 0 saturated heterocycles. The van der Waals surface area contributed by atoms with Crippen LogP contribution in [0.1, 0.15) is 57.6 Å². The number of phenols is 2. The van der Waals surface area contributed by atoms with Gasteiger partial charge in [-0.1, -0.05) is 26.7 Å². The van der Waals surface area contributed by atoms with E-state index >= 15 is 0 Å². The van der Waals surface area contributed by atoms with E-state index in [0.29, 0.717) is 35.5 Å². The lowest BCUT2D eigenvalue weighted by Crippen LogP contribution is -2.47. The molecule has 0 atom stereocenters. The lowest BCUT2D eigenvalue weighted by Gasteiger charge is -2.27. The Balaban J connectivity index is 2.25. The molecule has 6 nitrogen and oxygen atoms in total. The molecule has 2 aromatic carbocycles. The van der Waals surface area contributed by atoms with Crippen molar-refractivity contribution >= 4 is 5.97 Å². The normalized spacial score (nSPS) is 11.3. The molecule has 158 valence electrons. The van der Waals surface area contributed by atoms with Gasteiger partial charge in [0.25, 0.3) is 0 Å². The van der Waals surface area contributed by atoms with Crippen LogP contribution in [0.3, 0.4) is 0 Å². The second kappa shape index (κ2) is 10.0. The SMILES string of the molecule is CCCCc1cc(OC(C)(Oc2ccc(O)c(CCCC)c2)C(=O)O)ccc1O. The number of benzene rings is 2. The molecule has 2 rings (SSSR count). The summed E-state index contributed by atoms with van der Waals surface area (Å²) in [5, 5.41) is 29.7. The predicted octanol–water partition coefficient (Wildman–Crippen LogP) is 5.04. The number of aryl methyl sites for hydroxylation is 2. The molecule has 0 aromatic heterocycles. The van der Waals surface area contributed by atoms with Crippen LogP contribution in [-0.2, 0) is 17.6 Å². The van der Waals surface area contributed by atoms with Crippen LogP contribution in [0, 0.1) is 0 Å². The van der Waals surface area contributed by atoms with Crippen LogP contribution in [0.4, 0.5) is 0 Å². The Labute approximate surface area is 171 Å². The van der Waals surface area contributed by atoms with Gasteiger partial charge in [0.2, 0.25) is 0 Å². The summed E-state index contributed by atoms with van der Waals surface area (Å²) in [5.74, 6) is -2.36. The Bertz CT molecular complexity index is 771. The summed E-state index contributed by atoms with van der Waals surface area (Å²) >= 11 is 0. The molecule has 0 aliphatic heterocycles. The maximum absolute atomic E-state index is 11.9. The maximum Gasteiger partial charge on any atom is 0.390 e. The number of aliphatic carboxylic acids is 1. The average molecular weight is 402 g/mol. The molecule has 0 aliphatic carbocycles. The molecule has 0 fully saturated rings. The molecule has 2 aromatic rings. The Morgan fingerprint density at radius 1 is 0.862 bits per heavy atom. The third kappa shape index (κ3) is 6.04. The standard InChI is InChI=1S/C23H30O6/c1-4-6-8-16-14-18(10-12-20(16)24)28-23(3,22(26)27)29-19-11-13-21(25)17(15-19)9-7-5-2/h10-15,24-25H,4-9H2,1-3H3,(H,26,27). The summed E-state index contributed by atoms with van der Waals surface area (Å²) in [6.45, 7) is 5.44. The summed E-state index contributed by atoms with van der Waals surface area (Å²) in [5.41, 5.74) is 1.40. The Morgan fingerprint density at radius 3 is 1.62 bits per heavy atom. The summed E-state index contributed by atoms with van der Waals surface area (Å²) in [4.78, 5) is 11.9. The first kappa shape index (κ1) is 22.4. The highest BCUT2D eigenvalue weighted by atomic mass is 16.7. The van der Waals surface area contributed by atoms with Crippen LogP contribution < -0.4 is 9.47 Å². The number of unbranched alkanes of at least 4 members (excludes halogenated alkanes) is 2. The highest BCUT2D eigenvalue weighted by Crippen LogP contribution is 2.31. The van der Waals surface area contributed by atoms with Crippen molar-refractivity contribution in [2.24, 2.45) is 0 Å². The van der Waals surface area contributed by atoms with Crippen LogP contribution in [-0.4, -0.2) is 27.1 Å². The predicted molar refractivity (Wildman–Crippen MR) is 111 cm³/mol. The van der Waals surface area contributed by atoms with Gasteiger partial charge >= 0.3 is 11.8 Å². The van der Waals surface area contributed by atoms with E-state index in [2.05, 4.69) is 13.8 Å². The monoisotopic (exact) mass is 402 g/mol. The number of phenolic OH excluding ortho intramolecular Hbond substituents is 2. The van der Waals surface area contributed by atoms with E-state index in [1.165, 1.54) is 31.2 Å². The third-order valence-electron chi connectivity index (χ3n) is 4.71. The minimum absolute atomic E-state index is 0.155. The zero-order valence-electron chi connectivity index (χ0n) is 17.3. The van der Waals surface area contributed by atoms with Gasteiger partial charge in [0.05, 0.1) is 0 Å². The molecule has 0 aliphatic rings. The van der Waals surface area contributed by atoms with E-state index in [1.54, 1.807) is 12.1 Å². The quantitative estimate of drug-likeness (QED) is 0.456. The summed E-state index contributed by atoms with van der Waals surface area (Å²) in [6, 6.07) is 9.29. The molecule has 29 heavy (non-hydrogen) atoms. The van der Waals surface area contributed by atoms with Gasteiger partial charge in [-0.25, -0.2) is 4.79 Å². The molecule has 0 spiro atoms. The number of carboxylic acid groups (broad SMARTS) is 1. The van der Waals surface area contributed by atoms with E-state index in [1.807, 2.05) is 0 Å². The highest BCUT2D eigenvalue weighted by Gasteiger charge is 2.39. The first-order chi connectivity index (χ1) is 13.8. The zero-order chi connectivity index (χ0) is 21.4. The van der Waals surface area contributed by atoms with Crippen molar-refractivity contribution in [1.82, 2.24) is 0 Å². The van der Waals surface area contributed by atoms with Gasteiger partial charge in [0, 0.05) is 6.92 Å². The number of hydrogen-bond acceptors (Lipinski definition) is 5. The fraction of sp³-hybridized carbons (Fsp3) is 0.435. The van der Waals surface area contributed by atoms with Gasteiger partial charge < -0.3 is 24.8 Å². The average Bonchev–Trinajstić information content (AvgIpc) is 2.68. The van der Waals surface area contributed by atoms with Crippen molar-refractivity contribution in [3.05, 3.63) is 47.5 Å². The topological polar surface area (TPSA) is 96.2 Å². The van der Waals surface area contributed by atoms with Crippen LogP contribution in [0.15, 0.2) is 36.4 Å². The number of rotatable bonds is 11. The van der Waals surface area contributed by atoms with Crippen LogP contribution in [0.5, 0.6) is 23.0 Å². The lowest BCUT2D eigenvalue weighted by molar-refractivity contribution is -0.181. The minimum atomic E-state index is -1.97. The molecule has 0 radical (unpaired) electrons. The van der Waals surface area contributed by atoms with Gasteiger partial charge in [0.15, 0.2) is 0 Å². The Morgan fingerprint density at radius 2 is 1.28 bits per heavy atom. The molecule has 0 bridgehead atoms. The molecule has 6 heteroatoms. The Hall–Kier alpha value is -2.89. The van der Waals surface area contributed by atoms with Gasteiger partial charge in [-0.05, 0) is 73.2 Å². The van der Waals surface area contributed by atoms with Crippen molar-refractivity contribution in [2.75, 3.05) is 0 Å². The third-order valence-corrected chi connectivity index (χ3v) is 4.71. The second-order valence-electron chi connectivity index (χ2n) is 7.24. The van der Waals surface area contributed by atoms with E-state index in [-0.39, 0.29) is 11.5 Å². The van der Waals surface area contributed by atoms with Crippen molar-refractivity contribution in [3.63, 3.8) is 0 Å². The first-order valence-electron chi connectivity index (χ1n) is 10.0. The van der Waals surface area contributed by atoms with E-state index in [9.17, 15) is 20.1 Å². The summed E-state index contributed by atoms with van der Waals surface area (Å²) in [7, 11) is 0. The molecule has 0 amide bonds. The van der Waals surface area contributed by atoms with Crippen LogP contribution >= 0.6 is 0 Å².